The van der Waals surface area contributed by atoms with Gasteiger partial charge in [-0.15, -0.1) is 0 Å². The van der Waals surface area contributed by atoms with Crippen molar-refractivity contribution in [1.82, 2.24) is 19.9 Å². The average molecular weight is 357 g/mol. The van der Waals surface area contributed by atoms with Crippen molar-refractivity contribution in [3.05, 3.63) is 91.0 Å². The number of halogens is 1. The minimum absolute atomic E-state index is 0.386. The first-order valence-electron chi connectivity index (χ1n) is 8.44. The third-order valence-corrected chi connectivity index (χ3v) is 4.06. The number of benzene rings is 1. The molecule has 0 aliphatic rings. The van der Waals surface area contributed by atoms with Gasteiger partial charge in [-0.2, -0.15) is 0 Å². The van der Waals surface area contributed by atoms with E-state index in [1.54, 1.807) is 24.8 Å². The molecule has 0 fully saturated rings. The molecule has 0 aliphatic heterocycles. The van der Waals surface area contributed by atoms with Gasteiger partial charge in [0.15, 0.2) is 0 Å². The average Bonchev–Trinajstić information content (AvgIpc) is 2.73. The predicted octanol–water partition coefficient (Wildman–Crippen LogP) is 4.35. The van der Waals surface area contributed by atoms with Crippen LogP contribution in [-0.4, -0.2) is 19.9 Å². The number of aromatic nitrogens is 4. The number of pyridine rings is 2. The Balaban J connectivity index is 1.45. The molecule has 0 saturated carbocycles. The number of nitrogens with zero attached hydrogens (tertiary/aromatic N) is 4. The van der Waals surface area contributed by atoms with Gasteiger partial charge >= 0.3 is 0 Å². The van der Waals surface area contributed by atoms with Crippen molar-refractivity contribution in [3.63, 3.8) is 0 Å². The summed E-state index contributed by atoms with van der Waals surface area (Å²) in [5.74, 6) is 0.123. The molecule has 0 aliphatic carbocycles. The minimum Gasteiger partial charge on any atom is -0.350 e. The predicted molar refractivity (Wildman–Crippen MR) is 102 cm³/mol. The van der Waals surface area contributed by atoms with Crippen molar-refractivity contribution in [1.29, 1.82) is 0 Å². The zero-order valence-corrected chi connectivity index (χ0v) is 14.4. The van der Waals surface area contributed by atoms with Gasteiger partial charge in [0.2, 0.25) is 5.95 Å². The molecule has 5 nitrogen and oxygen atoms in total. The monoisotopic (exact) mass is 357 g/mol. The lowest BCUT2D eigenvalue weighted by atomic mass is 10.0. The van der Waals surface area contributed by atoms with E-state index in [9.17, 15) is 4.39 Å². The van der Waals surface area contributed by atoms with Crippen LogP contribution in [0.1, 0.15) is 5.56 Å². The third-order valence-electron chi connectivity index (χ3n) is 4.06. The van der Waals surface area contributed by atoms with E-state index >= 15 is 0 Å². The van der Waals surface area contributed by atoms with Crippen molar-refractivity contribution in [2.75, 3.05) is 5.32 Å². The van der Waals surface area contributed by atoms with Crippen LogP contribution in [0, 0.1) is 5.82 Å². The molecule has 3 heterocycles. The molecular formula is C21H16FN5. The number of anilines is 1. The first-order chi connectivity index (χ1) is 13.3. The van der Waals surface area contributed by atoms with Gasteiger partial charge in [-0.3, -0.25) is 9.97 Å². The zero-order chi connectivity index (χ0) is 18.5. The highest BCUT2D eigenvalue weighted by molar-refractivity contribution is 5.63. The molecular weight excluding hydrogens is 341 g/mol. The summed E-state index contributed by atoms with van der Waals surface area (Å²) < 4.78 is 13.3. The SMILES string of the molecule is Fc1cncc(-c2cnc(NCc3cccc(-c4cccnc4)c3)nc2)c1. The Morgan fingerprint density at radius 1 is 0.741 bits per heavy atom. The Bertz CT molecular complexity index is 1040. The first-order valence-corrected chi connectivity index (χ1v) is 8.44. The van der Waals surface area contributed by atoms with Crippen LogP contribution in [0.25, 0.3) is 22.3 Å². The van der Waals surface area contributed by atoms with Gasteiger partial charge in [-0.05, 0) is 34.9 Å². The largest absolute Gasteiger partial charge is 0.350 e. The van der Waals surface area contributed by atoms with E-state index in [-0.39, 0.29) is 5.82 Å². The van der Waals surface area contributed by atoms with Crippen LogP contribution in [0.15, 0.2) is 79.6 Å². The third kappa shape index (κ3) is 4.12. The lowest BCUT2D eigenvalue weighted by Gasteiger charge is -2.08. The molecule has 3 aromatic heterocycles. The van der Waals surface area contributed by atoms with E-state index in [1.807, 2.05) is 30.5 Å². The molecule has 27 heavy (non-hydrogen) atoms. The number of nitrogens with one attached hydrogen (secondary N) is 1. The number of hydrogen-bond acceptors (Lipinski definition) is 5. The first kappa shape index (κ1) is 16.8. The van der Waals surface area contributed by atoms with Crippen LogP contribution in [0.4, 0.5) is 10.3 Å². The second-order valence-corrected chi connectivity index (χ2v) is 5.98. The highest BCUT2D eigenvalue weighted by Gasteiger charge is 2.04. The topological polar surface area (TPSA) is 63.6 Å². The molecule has 0 atom stereocenters. The Labute approximate surface area is 156 Å². The Kier molecular flexibility index (Phi) is 4.78. The Hall–Kier alpha value is -3.67. The van der Waals surface area contributed by atoms with Gasteiger partial charge in [-0.25, -0.2) is 14.4 Å². The molecule has 1 aromatic carbocycles. The molecule has 132 valence electrons. The maximum absolute atomic E-state index is 13.3. The van der Waals surface area contributed by atoms with Crippen molar-refractivity contribution in [3.8, 4) is 22.3 Å². The second kappa shape index (κ2) is 7.70. The van der Waals surface area contributed by atoms with Crippen molar-refractivity contribution >= 4 is 5.95 Å². The van der Waals surface area contributed by atoms with Crippen molar-refractivity contribution in [2.45, 2.75) is 6.54 Å². The van der Waals surface area contributed by atoms with Crippen LogP contribution < -0.4 is 5.32 Å². The van der Waals surface area contributed by atoms with Gasteiger partial charge in [0, 0.05) is 48.7 Å². The van der Waals surface area contributed by atoms with Crippen LogP contribution in [-0.2, 0) is 6.54 Å². The summed E-state index contributed by atoms with van der Waals surface area (Å²) in [5, 5.41) is 3.20. The lowest BCUT2D eigenvalue weighted by Crippen LogP contribution is -2.03. The molecule has 4 rings (SSSR count). The maximum atomic E-state index is 13.3. The Morgan fingerprint density at radius 2 is 1.56 bits per heavy atom. The lowest BCUT2D eigenvalue weighted by molar-refractivity contribution is 0.622. The quantitative estimate of drug-likeness (QED) is 0.575. The van der Waals surface area contributed by atoms with Crippen molar-refractivity contribution < 1.29 is 4.39 Å². The summed E-state index contributed by atoms with van der Waals surface area (Å²) in [5.41, 5.74) is 4.65. The molecule has 4 aromatic rings. The van der Waals surface area contributed by atoms with Gasteiger partial charge in [0.25, 0.3) is 0 Å². The highest BCUT2D eigenvalue weighted by atomic mass is 19.1. The molecule has 0 spiro atoms. The molecule has 0 saturated heterocycles. The van der Waals surface area contributed by atoms with E-state index in [1.165, 1.54) is 12.3 Å². The summed E-state index contributed by atoms with van der Waals surface area (Å²) in [7, 11) is 0. The Morgan fingerprint density at radius 3 is 2.33 bits per heavy atom. The van der Waals surface area contributed by atoms with Crippen LogP contribution in [0.3, 0.4) is 0 Å². The maximum Gasteiger partial charge on any atom is 0.222 e. The van der Waals surface area contributed by atoms with Gasteiger partial charge in [0.1, 0.15) is 5.82 Å². The van der Waals surface area contributed by atoms with E-state index < -0.39 is 0 Å². The molecule has 0 amide bonds. The summed E-state index contributed by atoms with van der Waals surface area (Å²) in [6.45, 7) is 0.592. The van der Waals surface area contributed by atoms with Crippen LogP contribution in [0.2, 0.25) is 0 Å². The fraction of sp³-hybridized carbons (Fsp3) is 0.0476. The van der Waals surface area contributed by atoms with Crippen LogP contribution >= 0.6 is 0 Å². The fourth-order valence-corrected chi connectivity index (χ4v) is 2.71. The number of hydrogen-bond donors (Lipinski definition) is 1. The van der Waals surface area contributed by atoms with Gasteiger partial charge in [0.05, 0.1) is 6.20 Å². The number of rotatable bonds is 5. The molecule has 0 bridgehead atoms. The van der Waals surface area contributed by atoms with E-state index in [2.05, 4.69) is 37.4 Å². The summed E-state index contributed by atoms with van der Waals surface area (Å²) in [6.07, 6.45) is 9.65. The summed E-state index contributed by atoms with van der Waals surface area (Å²) >= 11 is 0. The summed E-state index contributed by atoms with van der Waals surface area (Å²) in [6, 6.07) is 13.6. The fourth-order valence-electron chi connectivity index (χ4n) is 2.71. The molecule has 0 unspecified atom stereocenters. The van der Waals surface area contributed by atoms with Crippen molar-refractivity contribution in [2.24, 2.45) is 0 Å². The second-order valence-electron chi connectivity index (χ2n) is 5.98. The van der Waals surface area contributed by atoms with Gasteiger partial charge in [-0.1, -0.05) is 24.3 Å². The smallest absolute Gasteiger partial charge is 0.222 e. The highest BCUT2D eigenvalue weighted by Crippen LogP contribution is 2.20. The zero-order valence-electron chi connectivity index (χ0n) is 14.4. The normalized spacial score (nSPS) is 10.6. The van der Waals surface area contributed by atoms with Crippen LogP contribution in [0.5, 0.6) is 0 Å². The molecule has 6 heteroatoms. The van der Waals surface area contributed by atoms with E-state index in [0.29, 0.717) is 23.6 Å². The molecule has 0 radical (unpaired) electrons. The van der Waals surface area contributed by atoms with Gasteiger partial charge < -0.3 is 5.32 Å². The van der Waals surface area contributed by atoms with E-state index in [4.69, 9.17) is 0 Å². The molecule has 1 N–H and O–H groups in total. The minimum atomic E-state index is -0.386. The van der Waals surface area contributed by atoms with E-state index in [0.717, 1.165) is 16.7 Å². The summed E-state index contributed by atoms with van der Waals surface area (Å²) in [4.78, 5) is 16.6. The standard InChI is InChI=1S/C21H16FN5/c22-20-8-18(11-24-14-20)19-12-26-21(27-13-19)25-9-15-3-1-4-16(7-15)17-5-2-6-23-10-17/h1-8,10-14H,9H2,(H,25,26,27).